The van der Waals surface area contributed by atoms with E-state index < -0.39 is 0 Å². The van der Waals surface area contributed by atoms with Crippen LogP contribution in [0, 0.1) is 16.7 Å². The molecular weight excluding hydrogens is 260 g/mol. The van der Waals surface area contributed by atoms with Gasteiger partial charge in [-0.1, -0.05) is 39.8 Å². The summed E-state index contributed by atoms with van der Waals surface area (Å²) in [5, 5.41) is 0. The van der Waals surface area contributed by atoms with E-state index in [1.807, 2.05) is 31.2 Å². The standard InChI is InChI=1S/C19H26O2/c1-5-16(20)13-7-6-8-15(11-13)21-17-12-14-9-10-19(17,4)18(14,2)3/h6-8,11,14,17H,5,9-10,12H2,1-4H3. The van der Waals surface area contributed by atoms with Gasteiger partial charge in [0, 0.05) is 17.4 Å². The fourth-order valence-electron chi connectivity index (χ4n) is 4.42. The normalized spacial score (nSPS) is 33.1. The summed E-state index contributed by atoms with van der Waals surface area (Å²) < 4.78 is 6.33. The Morgan fingerprint density at radius 2 is 2.10 bits per heavy atom. The summed E-state index contributed by atoms with van der Waals surface area (Å²) in [7, 11) is 0. The van der Waals surface area contributed by atoms with Crippen molar-refractivity contribution >= 4 is 5.78 Å². The van der Waals surface area contributed by atoms with Gasteiger partial charge in [-0.3, -0.25) is 4.79 Å². The van der Waals surface area contributed by atoms with Crippen molar-refractivity contribution in [3.63, 3.8) is 0 Å². The van der Waals surface area contributed by atoms with Gasteiger partial charge < -0.3 is 4.74 Å². The average molecular weight is 286 g/mol. The van der Waals surface area contributed by atoms with Gasteiger partial charge in [-0.15, -0.1) is 0 Å². The van der Waals surface area contributed by atoms with E-state index in [2.05, 4.69) is 20.8 Å². The summed E-state index contributed by atoms with van der Waals surface area (Å²) >= 11 is 0. The topological polar surface area (TPSA) is 26.3 Å². The van der Waals surface area contributed by atoms with E-state index in [4.69, 9.17) is 4.74 Å². The minimum atomic E-state index is 0.180. The molecule has 0 spiro atoms. The van der Waals surface area contributed by atoms with Crippen molar-refractivity contribution in [2.24, 2.45) is 16.7 Å². The van der Waals surface area contributed by atoms with Crippen molar-refractivity contribution in [1.29, 1.82) is 0 Å². The Morgan fingerprint density at radius 1 is 1.33 bits per heavy atom. The van der Waals surface area contributed by atoms with Crippen molar-refractivity contribution in [2.45, 2.75) is 59.5 Å². The SMILES string of the molecule is CCC(=O)c1cccc(OC2CC3CCC2(C)C3(C)C)c1. The van der Waals surface area contributed by atoms with Gasteiger partial charge in [-0.05, 0) is 42.7 Å². The minimum Gasteiger partial charge on any atom is -0.490 e. The first-order valence-electron chi connectivity index (χ1n) is 8.18. The summed E-state index contributed by atoms with van der Waals surface area (Å²) in [4.78, 5) is 11.8. The highest BCUT2D eigenvalue weighted by Gasteiger charge is 2.62. The molecule has 0 aliphatic heterocycles. The minimum absolute atomic E-state index is 0.180. The zero-order valence-corrected chi connectivity index (χ0v) is 13.6. The highest BCUT2D eigenvalue weighted by molar-refractivity contribution is 5.96. The molecule has 1 aromatic carbocycles. The lowest BCUT2D eigenvalue weighted by Gasteiger charge is -2.38. The smallest absolute Gasteiger partial charge is 0.162 e. The molecule has 3 unspecified atom stereocenters. The zero-order valence-electron chi connectivity index (χ0n) is 13.6. The Labute approximate surface area is 127 Å². The molecule has 114 valence electrons. The van der Waals surface area contributed by atoms with Crippen LogP contribution in [0.5, 0.6) is 5.75 Å². The predicted octanol–water partition coefficient (Wildman–Crippen LogP) is 4.87. The first-order valence-corrected chi connectivity index (χ1v) is 8.18. The third-order valence-corrected chi connectivity index (χ3v) is 6.47. The van der Waals surface area contributed by atoms with Gasteiger partial charge in [0.1, 0.15) is 11.9 Å². The van der Waals surface area contributed by atoms with Crippen LogP contribution in [0.4, 0.5) is 0 Å². The predicted molar refractivity (Wildman–Crippen MR) is 84.7 cm³/mol. The number of benzene rings is 1. The maximum absolute atomic E-state index is 11.8. The van der Waals surface area contributed by atoms with Crippen molar-refractivity contribution in [2.75, 3.05) is 0 Å². The molecule has 2 bridgehead atoms. The van der Waals surface area contributed by atoms with Crippen LogP contribution < -0.4 is 4.74 Å². The fraction of sp³-hybridized carbons (Fsp3) is 0.632. The van der Waals surface area contributed by atoms with Crippen LogP contribution in [0.25, 0.3) is 0 Å². The van der Waals surface area contributed by atoms with Crippen LogP contribution in [0.2, 0.25) is 0 Å². The van der Waals surface area contributed by atoms with E-state index in [1.165, 1.54) is 12.8 Å². The Bertz CT molecular complexity index is 560. The van der Waals surface area contributed by atoms with Crippen LogP contribution in [0.1, 0.15) is 63.7 Å². The van der Waals surface area contributed by atoms with Crippen LogP contribution in [0.3, 0.4) is 0 Å². The average Bonchev–Trinajstić information content (AvgIpc) is 2.80. The van der Waals surface area contributed by atoms with E-state index in [9.17, 15) is 4.79 Å². The molecule has 0 aromatic heterocycles. The number of ketones is 1. The zero-order chi connectivity index (χ0) is 15.3. The van der Waals surface area contributed by atoms with E-state index >= 15 is 0 Å². The summed E-state index contributed by atoms with van der Waals surface area (Å²) in [6.45, 7) is 9.07. The van der Waals surface area contributed by atoms with Crippen LogP contribution >= 0.6 is 0 Å². The summed E-state index contributed by atoms with van der Waals surface area (Å²) in [5.74, 6) is 1.80. The molecule has 3 rings (SSSR count). The highest BCUT2D eigenvalue weighted by atomic mass is 16.5. The molecule has 2 aliphatic carbocycles. The molecule has 21 heavy (non-hydrogen) atoms. The lowest BCUT2D eigenvalue weighted by Crippen LogP contribution is -2.38. The molecule has 2 heteroatoms. The van der Waals surface area contributed by atoms with Gasteiger partial charge in [-0.25, -0.2) is 0 Å². The van der Waals surface area contributed by atoms with E-state index in [1.54, 1.807) is 0 Å². The summed E-state index contributed by atoms with van der Waals surface area (Å²) in [5.41, 5.74) is 1.37. The number of carbonyl (C=O) groups is 1. The molecule has 0 heterocycles. The lowest BCUT2D eigenvalue weighted by molar-refractivity contribution is 0.0301. The monoisotopic (exact) mass is 286 g/mol. The lowest BCUT2D eigenvalue weighted by atomic mass is 9.70. The number of rotatable bonds is 4. The summed E-state index contributed by atoms with van der Waals surface area (Å²) in [6.07, 6.45) is 4.55. The van der Waals surface area contributed by atoms with E-state index in [0.29, 0.717) is 11.8 Å². The third-order valence-electron chi connectivity index (χ3n) is 6.47. The van der Waals surface area contributed by atoms with Crippen molar-refractivity contribution < 1.29 is 9.53 Å². The van der Waals surface area contributed by atoms with Gasteiger partial charge in [0.2, 0.25) is 0 Å². The number of hydrogen-bond donors (Lipinski definition) is 0. The Morgan fingerprint density at radius 3 is 2.67 bits per heavy atom. The Balaban J connectivity index is 1.81. The third kappa shape index (κ3) is 2.11. The summed E-state index contributed by atoms with van der Waals surface area (Å²) in [6, 6.07) is 7.70. The molecule has 3 atom stereocenters. The molecule has 0 N–H and O–H groups in total. The van der Waals surface area contributed by atoms with Crippen LogP contribution in [-0.2, 0) is 0 Å². The van der Waals surface area contributed by atoms with Crippen molar-refractivity contribution in [3.8, 4) is 5.75 Å². The van der Waals surface area contributed by atoms with Gasteiger partial charge in [0.15, 0.2) is 5.78 Å². The van der Waals surface area contributed by atoms with Gasteiger partial charge in [-0.2, -0.15) is 0 Å². The quantitative estimate of drug-likeness (QED) is 0.738. The first-order chi connectivity index (χ1) is 9.88. The number of hydrogen-bond acceptors (Lipinski definition) is 2. The fourth-order valence-corrected chi connectivity index (χ4v) is 4.42. The number of ether oxygens (including phenoxy) is 1. The molecule has 0 amide bonds. The largest absolute Gasteiger partial charge is 0.490 e. The van der Waals surface area contributed by atoms with E-state index in [-0.39, 0.29) is 17.3 Å². The van der Waals surface area contributed by atoms with Gasteiger partial charge in [0.05, 0.1) is 0 Å². The molecule has 2 saturated carbocycles. The first kappa shape index (κ1) is 14.6. The number of Topliss-reactive ketones (excluding diaryl/α,β-unsaturated/α-hetero) is 1. The molecular formula is C19H26O2. The molecule has 2 fully saturated rings. The Kier molecular flexibility index (Phi) is 3.38. The van der Waals surface area contributed by atoms with Gasteiger partial charge in [0.25, 0.3) is 0 Å². The second-order valence-corrected chi connectivity index (χ2v) is 7.52. The number of carbonyl (C=O) groups excluding carboxylic acids is 1. The van der Waals surface area contributed by atoms with Crippen LogP contribution in [-0.4, -0.2) is 11.9 Å². The van der Waals surface area contributed by atoms with E-state index in [0.717, 1.165) is 23.7 Å². The van der Waals surface area contributed by atoms with Crippen molar-refractivity contribution in [1.82, 2.24) is 0 Å². The maximum atomic E-state index is 11.8. The number of fused-ring (bicyclic) bond motifs is 2. The molecule has 1 aromatic rings. The Hall–Kier alpha value is -1.31. The maximum Gasteiger partial charge on any atom is 0.162 e. The molecule has 0 radical (unpaired) electrons. The second kappa shape index (κ2) is 4.86. The molecule has 2 aliphatic rings. The molecule has 2 nitrogen and oxygen atoms in total. The molecule has 0 saturated heterocycles. The second-order valence-electron chi connectivity index (χ2n) is 7.52. The van der Waals surface area contributed by atoms with Gasteiger partial charge >= 0.3 is 0 Å². The van der Waals surface area contributed by atoms with Crippen molar-refractivity contribution in [3.05, 3.63) is 29.8 Å². The van der Waals surface area contributed by atoms with Crippen LogP contribution in [0.15, 0.2) is 24.3 Å². The highest BCUT2D eigenvalue weighted by Crippen LogP contribution is 2.66.